The first-order chi connectivity index (χ1) is 17.4. The Morgan fingerprint density at radius 3 is 2.42 bits per heavy atom. The molecule has 0 saturated heterocycles. The van der Waals surface area contributed by atoms with Gasteiger partial charge in [-0.05, 0) is 68.8 Å². The minimum Gasteiger partial charge on any atom is -0.462 e. The lowest BCUT2D eigenvalue weighted by Gasteiger charge is -2.21. The third kappa shape index (κ3) is 6.49. The summed E-state index contributed by atoms with van der Waals surface area (Å²) < 4.78 is 10.4. The van der Waals surface area contributed by atoms with Gasteiger partial charge in [0.05, 0.1) is 18.8 Å². The zero-order valence-electron chi connectivity index (χ0n) is 20.6. The van der Waals surface area contributed by atoms with Gasteiger partial charge >= 0.3 is 11.6 Å². The van der Waals surface area contributed by atoms with E-state index in [-0.39, 0.29) is 24.4 Å². The van der Waals surface area contributed by atoms with Crippen molar-refractivity contribution in [1.29, 1.82) is 0 Å². The number of carbonyl (C=O) groups is 2. The highest BCUT2D eigenvalue weighted by Gasteiger charge is 2.15. The summed E-state index contributed by atoms with van der Waals surface area (Å²) in [7, 11) is 0. The maximum absolute atomic E-state index is 12.8. The van der Waals surface area contributed by atoms with Crippen molar-refractivity contribution in [1.82, 2.24) is 0 Å². The molecule has 0 aliphatic rings. The van der Waals surface area contributed by atoms with Gasteiger partial charge in [0.15, 0.2) is 0 Å². The van der Waals surface area contributed by atoms with Crippen LogP contribution < -0.4 is 15.8 Å². The number of aliphatic hydroxyl groups excluding tert-OH is 1. The fourth-order valence-electron chi connectivity index (χ4n) is 3.64. The Morgan fingerprint density at radius 1 is 1.06 bits per heavy atom. The van der Waals surface area contributed by atoms with Crippen molar-refractivity contribution in [3.8, 4) is 0 Å². The highest BCUT2D eigenvalue weighted by Crippen LogP contribution is 2.22. The molecule has 0 radical (unpaired) electrons. The molecule has 188 valence electrons. The van der Waals surface area contributed by atoms with E-state index >= 15 is 0 Å². The standard InChI is InChI=1S/C28H30N2O6/c1-4-30(5-2)23-14-11-21-17-24(28(34)36-25(21)18-23)26(32)29-22-12-8-19(9-13-22)7-10-20(15-16-31)27(33)35-6-3/h7-15,17-18,31H,4-6,16H2,1-3H3,(H,29,32)/b10-7+,20-15+. The summed E-state index contributed by atoms with van der Waals surface area (Å²) in [6.07, 6.45) is 4.60. The van der Waals surface area contributed by atoms with E-state index in [1.165, 1.54) is 12.1 Å². The lowest BCUT2D eigenvalue weighted by Crippen LogP contribution is -2.22. The fourth-order valence-corrected chi connectivity index (χ4v) is 3.64. The minimum atomic E-state index is -0.710. The Kier molecular flexibility index (Phi) is 9.19. The largest absolute Gasteiger partial charge is 0.462 e. The predicted molar refractivity (Wildman–Crippen MR) is 141 cm³/mol. The number of fused-ring (bicyclic) bond motifs is 1. The average molecular weight is 491 g/mol. The second-order valence-corrected chi connectivity index (χ2v) is 7.81. The van der Waals surface area contributed by atoms with Crippen molar-refractivity contribution in [2.75, 3.05) is 36.5 Å². The van der Waals surface area contributed by atoms with Gasteiger partial charge in [0, 0.05) is 35.9 Å². The lowest BCUT2D eigenvalue weighted by molar-refractivity contribution is -0.138. The molecule has 0 atom stereocenters. The van der Waals surface area contributed by atoms with Crippen LogP contribution in [0.1, 0.15) is 36.7 Å². The average Bonchev–Trinajstić information content (AvgIpc) is 2.87. The summed E-state index contributed by atoms with van der Waals surface area (Å²) in [5.74, 6) is -1.09. The van der Waals surface area contributed by atoms with E-state index in [1.54, 1.807) is 49.4 Å². The number of carbonyl (C=O) groups excluding carboxylic acids is 2. The molecule has 0 spiro atoms. The first kappa shape index (κ1) is 26.4. The van der Waals surface area contributed by atoms with Crippen molar-refractivity contribution in [3.63, 3.8) is 0 Å². The number of esters is 1. The second kappa shape index (κ2) is 12.5. The number of hydrogen-bond donors (Lipinski definition) is 2. The van der Waals surface area contributed by atoms with Crippen LogP contribution in [0.25, 0.3) is 17.0 Å². The van der Waals surface area contributed by atoms with Crippen LogP contribution in [0.15, 0.2) is 75.5 Å². The van der Waals surface area contributed by atoms with Crippen molar-refractivity contribution in [2.45, 2.75) is 20.8 Å². The molecule has 2 aromatic carbocycles. The molecule has 0 saturated carbocycles. The molecule has 1 heterocycles. The first-order valence-electron chi connectivity index (χ1n) is 11.8. The van der Waals surface area contributed by atoms with Crippen molar-refractivity contribution in [3.05, 3.63) is 87.8 Å². The van der Waals surface area contributed by atoms with Crippen LogP contribution in [0.2, 0.25) is 0 Å². The summed E-state index contributed by atoms with van der Waals surface area (Å²) >= 11 is 0. The molecular weight excluding hydrogens is 460 g/mol. The predicted octanol–water partition coefficient (Wildman–Crippen LogP) is 4.39. The zero-order valence-corrected chi connectivity index (χ0v) is 20.6. The maximum Gasteiger partial charge on any atom is 0.349 e. The maximum atomic E-state index is 12.8. The third-order valence-electron chi connectivity index (χ3n) is 5.54. The molecule has 8 heteroatoms. The summed E-state index contributed by atoms with van der Waals surface area (Å²) in [5.41, 5.74) is 2.07. The van der Waals surface area contributed by atoms with Gasteiger partial charge < -0.3 is 24.5 Å². The highest BCUT2D eigenvalue weighted by molar-refractivity contribution is 6.05. The van der Waals surface area contributed by atoms with Crippen molar-refractivity contribution in [2.24, 2.45) is 0 Å². The van der Waals surface area contributed by atoms with Gasteiger partial charge in [0.2, 0.25) is 0 Å². The van der Waals surface area contributed by atoms with E-state index in [0.717, 1.165) is 24.3 Å². The van der Waals surface area contributed by atoms with Crippen LogP contribution in [-0.2, 0) is 9.53 Å². The summed E-state index contributed by atoms with van der Waals surface area (Å²) in [6.45, 7) is 7.40. The van der Waals surface area contributed by atoms with Crippen LogP contribution in [0.3, 0.4) is 0 Å². The first-order valence-corrected chi connectivity index (χ1v) is 11.8. The molecule has 0 aliphatic carbocycles. The lowest BCUT2D eigenvalue weighted by atomic mass is 10.1. The fraction of sp³-hybridized carbons (Fsp3) is 0.250. The highest BCUT2D eigenvalue weighted by atomic mass is 16.5. The van der Waals surface area contributed by atoms with Gasteiger partial charge in [-0.2, -0.15) is 0 Å². The second-order valence-electron chi connectivity index (χ2n) is 7.81. The molecule has 0 aliphatic heterocycles. The van der Waals surface area contributed by atoms with E-state index in [2.05, 4.69) is 24.1 Å². The SMILES string of the molecule is CCOC(=O)C(/C=C/c1ccc(NC(=O)c2cc3ccc(N(CC)CC)cc3oc2=O)cc1)=C/CO. The number of aliphatic hydroxyl groups is 1. The molecule has 0 fully saturated rings. The van der Waals surface area contributed by atoms with E-state index in [0.29, 0.717) is 16.7 Å². The molecule has 1 aromatic heterocycles. The van der Waals surface area contributed by atoms with E-state index in [9.17, 15) is 14.4 Å². The Labute approximate surface area is 209 Å². The van der Waals surface area contributed by atoms with E-state index in [1.807, 2.05) is 12.1 Å². The number of hydrogen-bond acceptors (Lipinski definition) is 7. The van der Waals surface area contributed by atoms with Crippen LogP contribution in [-0.4, -0.2) is 43.3 Å². The smallest absolute Gasteiger partial charge is 0.349 e. The van der Waals surface area contributed by atoms with E-state index in [4.69, 9.17) is 14.3 Å². The Hall–Kier alpha value is -4.17. The molecule has 1 amide bonds. The van der Waals surface area contributed by atoms with Gasteiger partial charge in [0.1, 0.15) is 11.1 Å². The third-order valence-corrected chi connectivity index (χ3v) is 5.54. The van der Waals surface area contributed by atoms with Crippen LogP contribution >= 0.6 is 0 Å². The quantitative estimate of drug-likeness (QED) is 0.188. The summed E-state index contributed by atoms with van der Waals surface area (Å²) in [4.78, 5) is 39.4. The van der Waals surface area contributed by atoms with Gasteiger partial charge in [-0.3, -0.25) is 4.79 Å². The molecule has 3 aromatic rings. The number of rotatable bonds is 10. The van der Waals surface area contributed by atoms with Gasteiger partial charge in [-0.15, -0.1) is 0 Å². The minimum absolute atomic E-state index is 0.0877. The molecule has 2 N–H and O–H groups in total. The number of ether oxygens (including phenoxy) is 1. The molecule has 0 bridgehead atoms. The number of nitrogens with one attached hydrogen (secondary N) is 1. The molecule has 8 nitrogen and oxygen atoms in total. The Bertz CT molecular complexity index is 1330. The van der Waals surface area contributed by atoms with Gasteiger partial charge in [-0.1, -0.05) is 18.2 Å². The van der Waals surface area contributed by atoms with E-state index < -0.39 is 17.5 Å². The van der Waals surface area contributed by atoms with Crippen molar-refractivity contribution >= 4 is 40.3 Å². The summed E-state index contributed by atoms with van der Waals surface area (Å²) in [6, 6.07) is 13.9. The molecular formula is C28H30N2O6. The van der Waals surface area contributed by atoms with Crippen LogP contribution in [0.5, 0.6) is 0 Å². The van der Waals surface area contributed by atoms with Crippen molar-refractivity contribution < 1.29 is 23.8 Å². The summed E-state index contributed by atoms with van der Waals surface area (Å²) in [5, 5.41) is 12.5. The monoisotopic (exact) mass is 490 g/mol. The zero-order chi connectivity index (χ0) is 26.1. The number of anilines is 2. The molecule has 3 rings (SSSR count). The Morgan fingerprint density at radius 2 is 1.78 bits per heavy atom. The van der Waals surface area contributed by atoms with Gasteiger partial charge in [-0.25, -0.2) is 9.59 Å². The molecule has 36 heavy (non-hydrogen) atoms. The normalized spacial score (nSPS) is 11.6. The number of benzene rings is 2. The number of amides is 1. The Balaban J connectivity index is 1.75. The van der Waals surface area contributed by atoms with Crippen LogP contribution in [0.4, 0.5) is 11.4 Å². The van der Waals surface area contributed by atoms with Crippen LogP contribution in [0, 0.1) is 0 Å². The number of nitrogens with zero attached hydrogens (tertiary/aromatic N) is 1. The topological polar surface area (TPSA) is 109 Å². The van der Waals surface area contributed by atoms with Gasteiger partial charge in [0.25, 0.3) is 5.91 Å². The molecule has 0 unspecified atom stereocenters.